The van der Waals surface area contributed by atoms with Gasteiger partial charge in [-0.2, -0.15) is 4.98 Å². The van der Waals surface area contributed by atoms with Crippen molar-refractivity contribution in [3.63, 3.8) is 0 Å². The number of hydrogen-bond acceptors (Lipinski definition) is 5. The second-order valence-electron chi connectivity index (χ2n) is 4.17. The van der Waals surface area contributed by atoms with Gasteiger partial charge >= 0.3 is 0 Å². The van der Waals surface area contributed by atoms with Gasteiger partial charge in [0.1, 0.15) is 11.7 Å². The number of anilines is 2. The van der Waals surface area contributed by atoms with Crippen molar-refractivity contribution in [2.24, 2.45) is 0 Å². The summed E-state index contributed by atoms with van der Waals surface area (Å²) in [5.41, 5.74) is 1.29. The highest BCUT2D eigenvalue weighted by Gasteiger charge is 2.32. The Morgan fingerprint density at radius 3 is 2.89 bits per heavy atom. The minimum Gasteiger partial charge on any atom is -0.385 e. The van der Waals surface area contributed by atoms with Crippen LogP contribution in [0.25, 0.3) is 0 Å². The molecule has 1 amide bonds. The zero-order valence-corrected chi connectivity index (χ0v) is 11.3. The number of halogens is 1. The molecule has 1 unspecified atom stereocenters. The fourth-order valence-electron chi connectivity index (χ4n) is 2.01. The summed E-state index contributed by atoms with van der Waals surface area (Å²) in [5, 5.41) is 3.01. The SMILES string of the molecule is COCCC1C(=O)Nc2c(C)nc(Cl)nc2N1C. The van der Waals surface area contributed by atoms with E-state index in [0.29, 0.717) is 30.2 Å². The zero-order chi connectivity index (χ0) is 13.3. The molecule has 0 radical (unpaired) electrons. The summed E-state index contributed by atoms with van der Waals surface area (Å²) in [6, 6.07) is -0.303. The summed E-state index contributed by atoms with van der Waals surface area (Å²) >= 11 is 5.85. The van der Waals surface area contributed by atoms with Gasteiger partial charge in [0.2, 0.25) is 11.2 Å². The predicted molar refractivity (Wildman–Crippen MR) is 69.1 cm³/mol. The normalized spacial score (nSPS) is 18.6. The van der Waals surface area contributed by atoms with Gasteiger partial charge in [-0.15, -0.1) is 0 Å². The maximum atomic E-state index is 12.0. The quantitative estimate of drug-likeness (QED) is 0.837. The van der Waals surface area contributed by atoms with E-state index in [1.54, 1.807) is 14.0 Å². The Balaban J connectivity index is 2.36. The van der Waals surface area contributed by atoms with Crippen LogP contribution in [0.5, 0.6) is 0 Å². The first kappa shape index (κ1) is 13.0. The Morgan fingerprint density at radius 2 is 2.22 bits per heavy atom. The fraction of sp³-hybridized carbons (Fsp3) is 0.545. The number of likely N-dealkylation sites (N-methyl/N-ethyl adjacent to an activating group) is 1. The smallest absolute Gasteiger partial charge is 0.247 e. The molecule has 0 aliphatic carbocycles. The number of ether oxygens (including phenoxy) is 1. The first-order chi connectivity index (χ1) is 8.54. The summed E-state index contributed by atoms with van der Waals surface area (Å²) in [6.45, 7) is 2.30. The van der Waals surface area contributed by atoms with Crippen molar-refractivity contribution in [3.05, 3.63) is 11.0 Å². The summed E-state index contributed by atoms with van der Waals surface area (Å²) in [5.74, 6) is 0.573. The molecule has 0 saturated heterocycles. The molecule has 0 bridgehead atoms. The van der Waals surface area contributed by atoms with Crippen LogP contribution in [0.3, 0.4) is 0 Å². The van der Waals surface area contributed by atoms with Crippen molar-refractivity contribution in [3.8, 4) is 0 Å². The van der Waals surface area contributed by atoms with Gasteiger partial charge < -0.3 is 15.0 Å². The van der Waals surface area contributed by atoms with Gasteiger partial charge in [0.25, 0.3) is 0 Å². The van der Waals surface area contributed by atoms with Crippen molar-refractivity contribution in [2.45, 2.75) is 19.4 Å². The van der Waals surface area contributed by atoms with E-state index in [0.717, 1.165) is 0 Å². The second-order valence-corrected chi connectivity index (χ2v) is 4.51. The lowest BCUT2D eigenvalue weighted by molar-refractivity contribution is -0.118. The number of aromatic nitrogens is 2. The van der Waals surface area contributed by atoms with Gasteiger partial charge in [-0.25, -0.2) is 4.98 Å². The molecule has 0 fully saturated rings. The Kier molecular flexibility index (Phi) is 3.68. The molecule has 1 aliphatic rings. The van der Waals surface area contributed by atoms with Crippen molar-refractivity contribution in [1.29, 1.82) is 0 Å². The lowest BCUT2D eigenvalue weighted by Gasteiger charge is -2.34. The molecule has 0 saturated carbocycles. The lowest BCUT2D eigenvalue weighted by Crippen LogP contribution is -2.47. The summed E-state index contributed by atoms with van der Waals surface area (Å²) in [7, 11) is 3.43. The summed E-state index contributed by atoms with van der Waals surface area (Å²) in [6.07, 6.45) is 0.596. The monoisotopic (exact) mass is 270 g/mol. The Hall–Kier alpha value is -1.40. The third-order valence-corrected chi connectivity index (χ3v) is 3.16. The number of methoxy groups -OCH3 is 1. The number of rotatable bonds is 3. The van der Waals surface area contributed by atoms with Gasteiger partial charge in [0, 0.05) is 27.2 Å². The van der Waals surface area contributed by atoms with Crippen molar-refractivity contribution in [2.75, 3.05) is 31.0 Å². The second kappa shape index (κ2) is 5.07. The minimum atomic E-state index is -0.303. The number of carbonyl (C=O) groups excluding carboxylic acids is 1. The number of fused-ring (bicyclic) bond motifs is 1. The summed E-state index contributed by atoms with van der Waals surface area (Å²) in [4.78, 5) is 22.0. The van der Waals surface area contributed by atoms with Crippen LogP contribution in [-0.2, 0) is 9.53 Å². The number of carbonyl (C=O) groups is 1. The minimum absolute atomic E-state index is 0.0731. The zero-order valence-electron chi connectivity index (χ0n) is 10.5. The van der Waals surface area contributed by atoms with Crippen LogP contribution in [0, 0.1) is 6.92 Å². The molecule has 2 rings (SSSR count). The van der Waals surface area contributed by atoms with Gasteiger partial charge in [-0.3, -0.25) is 4.79 Å². The maximum Gasteiger partial charge on any atom is 0.247 e. The first-order valence-electron chi connectivity index (χ1n) is 5.61. The average molecular weight is 271 g/mol. The molecule has 1 aromatic heterocycles. The van der Waals surface area contributed by atoms with Gasteiger partial charge in [0.05, 0.1) is 5.69 Å². The van der Waals surface area contributed by atoms with E-state index in [9.17, 15) is 4.79 Å². The maximum absolute atomic E-state index is 12.0. The molecule has 98 valence electrons. The van der Waals surface area contributed by atoms with Crippen LogP contribution in [0.1, 0.15) is 12.1 Å². The molecule has 2 heterocycles. The number of hydrogen-bond donors (Lipinski definition) is 1. The molecule has 6 nitrogen and oxygen atoms in total. The van der Waals surface area contributed by atoms with Crippen LogP contribution < -0.4 is 10.2 Å². The molecule has 0 spiro atoms. The average Bonchev–Trinajstić information content (AvgIpc) is 2.31. The summed E-state index contributed by atoms with van der Waals surface area (Å²) < 4.78 is 5.01. The number of aryl methyl sites for hydroxylation is 1. The van der Waals surface area contributed by atoms with Crippen molar-refractivity contribution >= 4 is 29.0 Å². The van der Waals surface area contributed by atoms with E-state index < -0.39 is 0 Å². The Morgan fingerprint density at radius 1 is 1.50 bits per heavy atom. The topological polar surface area (TPSA) is 67.3 Å². The Bertz CT molecular complexity index is 480. The van der Waals surface area contributed by atoms with Crippen LogP contribution in [0.4, 0.5) is 11.5 Å². The predicted octanol–water partition coefficient (Wildman–Crippen LogP) is 1.23. The molecule has 1 aromatic rings. The third kappa shape index (κ3) is 2.26. The van der Waals surface area contributed by atoms with Gasteiger partial charge in [0.15, 0.2) is 5.82 Å². The number of nitrogens with zero attached hydrogens (tertiary/aromatic N) is 3. The van der Waals surface area contributed by atoms with E-state index in [-0.39, 0.29) is 17.2 Å². The van der Waals surface area contributed by atoms with Crippen LogP contribution in [0.2, 0.25) is 5.28 Å². The number of amides is 1. The fourth-order valence-corrected chi connectivity index (χ4v) is 2.22. The highest BCUT2D eigenvalue weighted by Crippen LogP contribution is 2.32. The lowest BCUT2D eigenvalue weighted by atomic mass is 10.1. The van der Waals surface area contributed by atoms with E-state index >= 15 is 0 Å². The Labute approximate surface area is 110 Å². The standard InChI is InChI=1S/C11H15ClN4O2/c1-6-8-9(15-11(12)13-6)16(2)7(4-5-18-3)10(17)14-8/h7H,4-5H2,1-3H3,(H,14,17). The first-order valence-corrected chi connectivity index (χ1v) is 5.99. The molecule has 0 aromatic carbocycles. The molecule has 1 aliphatic heterocycles. The largest absolute Gasteiger partial charge is 0.385 e. The van der Waals surface area contributed by atoms with Crippen LogP contribution >= 0.6 is 11.6 Å². The molecule has 1 atom stereocenters. The molecular weight excluding hydrogens is 256 g/mol. The van der Waals surface area contributed by atoms with Crippen LogP contribution in [-0.4, -0.2) is 42.7 Å². The number of nitrogens with one attached hydrogen (secondary N) is 1. The highest BCUT2D eigenvalue weighted by atomic mass is 35.5. The molecular formula is C11H15ClN4O2. The van der Waals surface area contributed by atoms with Gasteiger partial charge in [-0.05, 0) is 18.5 Å². The molecule has 1 N–H and O–H groups in total. The molecule has 7 heteroatoms. The van der Waals surface area contributed by atoms with E-state index in [2.05, 4.69) is 15.3 Å². The van der Waals surface area contributed by atoms with Gasteiger partial charge in [-0.1, -0.05) is 0 Å². The van der Waals surface area contributed by atoms with Crippen molar-refractivity contribution < 1.29 is 9.53 Å². The van der Waals surface area contributed by atoms with E-state index in [1.165, 1.54) is 0 Å². The third-order valence-electron chi connectivity index (χ3n) is 2.99. The van der Waals surface area contributed by atoms with E-state index in [1.807, 2.05) is 11.9 Å². The highest BCUT2D eigenvalue weighted by molar-refractivity contribution is 6.28. The van der Waals surface area contributed by atoms with E-state index in [4.69, 9.17) is 16.3 Å². The van der Waals surface area contributed by atoms with Crippen molar-refractivity contribution in [1.82, 2.24) is 9.97 Å². The van der Waals surface area contributed by atoms with Crippen LogP contribution in [0.15, 0.2) is 0 Å². The molecule has 18 heavy (non-hydrogen) atoms.